The minimum atomic E-state index is -4.57. The summed E-state index contributed by atoms with van der Waals surface area (Å²) in [4.78, 5) is 42.3. The molecule has 3 rings (SSSR count). The highest BCUT2D eigenvalue weighted by Gasteiger charge is 2.30. The fourth-order valence-corrected chi connectivity index (χ4v) is 2.83. The summed E-state index contributed by atoms with van der Waals surface area (Å²) in [5, 5.41) is 7.87. The molecule has 8 nitrogen and oxygen atoms in total. The van der Waals surface area contributed by atoms with Gasteiger partial charge in [-0.3, -0.25) is 14.6 Å². The molecule has 0 saturated heterocycles. The Labute approximate surface area is 179 Å². The molecule has 2 aromatic carbocycles. The third kappa shape index (κ3) is 5.12. The molecular formula is C21H18F3N5O3. The van der Waals surface area contributed by atoms with Crippen LogP contribution in [0.1, 0.15) is 31.8 Å². The molecule has 0 aliphatic heterocycles. The monoisotopic (exact) mass is 445 g/mol. The lowest BCUT2D eigenvalue weighted by Gasteiger charge is -2.13. The zero-order valence-corrected chi connectivity index (χ0v) is 16.9. The second-order valence-corrected chi connectivity index (χ2v) is 6.74. The largest absolute Gasteiger partial charge is 0.416 e. The summed E-state index contributed by atoms with van der Waals surface area (Å²) in [6, 6.07) is 8.70. The maximum absolute atomic E-state index is 12.9. The van der Waals surface area contributed by atoms with Gasteiger partial charge >= 0.3 is 11.9 Å². The third-order valence-electron chi connectivity index (χ3n) is 4.50. The Morgan fingerprint density at radius 3 is 2.47 bits per heavy atom. The number of rotatable bonds is 5. The van der Waals surface area contributed by atoms with Crippen molar-refractivity contribution in [3.63, 3.8) is 0 Å². The van der Waals surface area contributed by atoms with Gasteiger partial charge in [-0.05, 0) is 42.8 Å². The fourth-order valence-electron chi connectivity index (χ4n) is 2.83. The van der Waals surface area contributed by atoms with Gasteiger partial charge in [-0.1, -0.05) is 12.1 Å². The zero-order valence-electron chi connectivity index (χ0n) is 16.9. The number of carbonyl (C=O) groups excluding carboxylic acids is 2. The van der Waals surface area contributed by atoms with Crippen LogP contribution in [0.15, 0.2) is 53.5 Å². The number of aromatic amines is 1. The van der Waals surface area contributed by atoms with Crippen molar-refractivity contribution in [2.75, 3.05) is 23.0 Å². The van der Waals surface area contributed by atoms with Crippen molar-refractivity contribution in [3.8, 4) is 0 Å². The van der Waals surface area contributed by atoms with Crippen molar-refractivity contribution >= 4 is 29.0 Å². The first kappa shape index (κ1) is 22.5. The lowest BCUT2D eigenvalue weighted by Crippen LogP contribution is -2.21. The second-order valence-electron chi connectivity index (χ2n) is 6.74. The number of halogens is 3. The van der Waals surface area contributed by atoms with Gasteiger partial charge in [-0.2, -0.15) is 13.2 Å². The molecule has 0 atom stereocenters. The number of anilines is 3. The maximum Gasteiger partial charge on any atom is 0.416 e. The first-order valence-corrected chi connectivity index (χ1v) is 9.26. The van der Waals surface area contributed by atoms with Crippen molar-refractivity contribution in [2.45, 2.75) is 13.1 Å². The van der Waals surface area contributed by atoms with Crippen molar-refractivity contribution in [1.82, 2.24) is 9.97 Å². The number of aryl methyl sites for hydroxylation is 1. The number of amides is 2. The number of hydrogen-bond donors (Lipinski definition) is 4. The normalized spacial score (nSPS) is 11.0. The molecule has 1 heterocycles. The standard InChI is InChI=1S/C21H18F3N5O3/c1-11-6-7-14(27-18(30)12-4-3-5-13(8-12)21(22,23)24)9-16(11)28-19(31)15-10-26-20(32)29-17(15)25-2/h3-10H,1-2H3,(H,27,30)(H,28,31)(H2,25,26,29,32). The number of alkyl halides is 3. The lowest BCUT2D eigenvalue weighted by molar-refractivity contribution is -0.137. The van der Waals surface area contributed by atoms with Gasteiger partial charge < -0.3 is 16.0 Å². The highest BCUT2D eigenvalue weighted by molar-refractivity contribution is 6.08. The van der Waals surface area contributed by atoms with E-state index in [-0.39, 0.29) is 22.6 Å². The summed E-state index contributed by atoms with van der Waals surface area (Å²) >= 11 is 0. The van der Waals surface area contributed by atoms with Crippen LogP contribution in [0.5, 0.6) is 0 Å². The van der Waals surface area contributed by atoms with Gasteiger partial charge in [0.05, 0.1) is 11.1 Å². The van der Waals surface area contributed by atoms with Crippen LogP contribution < -0.4 is 21.6 Å². The molecular weight excluding hydrogens is 427 g/mol. The van der Waals surface area contributed by atoms with E-state index in [0.717, 1.165) is 24.4 Å². The Balaban J connectivity index is 1.81. The fraction of sp³-hybridized carbons (Fsp3) is 0.143. The topological polar surface area (TPSA) is 116 Å². The molecule has 0 bridgehead atoms. The van der Waals surface area contributed by atoms with E-state index in [1.165, 1.54) is 19.2 Å². The molecule has 0 aliphatic carbocycles. The van der Waals surface area contributed by atoms with Gasteiger partial charge in [-0.15, -0.1) is 0 Å². The SMILES string of the molecule is CNc1[nH]c(=O)ncc1C(=O)Nc1cc(NC(=O)c2cccc(C(F)(F)F)c2)ccc1C. The molecule has 0 unspecified atom stereocenters. The molecule has 0 radical (unpaired) electrons. The van der Waals surface area contributed by atoms with Crippen LogP contribution >= 0.6 is 0 Å². The van der Waals surface area contributed by atoms with Gasteiger partial charge in [0.25, 0.3) is 11.8 Å². The van der Waals surface area contributed by atoms with E-state index in [2.05, 4.69) is 25.9 Å². The van der Waals surface area contributed by atoms with Crippen molar-refractivity contribution in [2.24, 2.45) is 0 Å². The number of benzene rings is 2. The summed E-state index contributed by atoms with van der Waals surface area (Å²) in [7, 11) is 1.53. The van der Waals surface area contributed by atoms with Gasteiger partial charge in [0, 0.05) is 30.2 Å². The maximum atomic E-state index is 12.9. The van der Waals surface area contributed by atoms with E-state index >= 15 is 0 Å². The molecule has 0 aliphatic rings. The molecule has 0 saturated carbocycles. The summed E-state index contributed by atoms with van der Waals surface area (Å²) in [6.45, 7) is 1.72. The van der Waals surface area contributed by atoms with Crippen molar-refractivity contribution in [1.29, 1.82) is 0 Å². The van der Waals surface area contributed by atoms with Crippen LogP contribution in [0.2, 0.25) is 0 Å². The summed E-state index contributed by atoms with van der Waals surface area (Å²) < 4.78 is 38.7. The quantitative estimate of drug-likeness (QED) is 0.479. The molecule has 2 amide bonds. The molecule has 3 aromatic rings. The van der Waals surface area contributed by atoms with Crippen LogP contribution in [-0.2, 0) is 6.18 Å². The Morgan fingerprint density at radius 1 is 1.03 bits per heavy atom. The Bertz CT molecular complexity index is 1240. The predicted octanol–water partition coefficient (Wildman–Crippen LogP) is 3.64. The third-order valence-corrected chi connectivity index (χ3v) is 4.50. The van der Waals surface area contributed by atoms with Crippen LogP contribution in [-0.4, -0.2) is 28.8 Å². The van der Waals surface area contributed by atoms with Gasteiger partial charge in [-0.25, -0.2) is 9.78 Å². The van der Waals surface area contributed by atoms with E-state index in [1.807, 2.05) is 0 Å². The van der Waals surface area contributed by atoms with Crippen LogP contribution in [0.25, 0.3) is 0 Å². The van der Waals surface area contributed by atoms with E-state index in [0.29, 0.717) is 11.3 Å². The average molecular weight is 445 g/mol. The van der Waals surface area contributed by atoms with E-state index in [9.17, 15) is 27.6 Å². The highest BCUT2D eigenvalue weighted by Crippen LogP contribution is 2.30. The molecule has 1 aromatic heterocycles. The minimum absolute atomic E-state index is 0.0879. The number of H-pyrrole nitrogens is 1. The number of carbonyl (C=O) groups is 2. The average Bonchev–Trinajstić information content (AvgIpc) is 2.75. The molecule has 166 valence electrons. The van der Waals surface area contributed by atoms with Crippen LogP contribution in [0.3, 0.4) is 0 Å². The molecule has 0 spiro atoms. The first-order valence-electron chi connectivity index (χ1n) is 9.26. The Kier molecular flexibility index (Phi) is 6.28. The summed E-state index contributed by atoms with van der Waals surface area (Å²) in [6.07, 6.45) is -3.45. The summed E-state index contributed by atoms with van der Waals surface area (Å²) in [5.74, 6) is -1.13. The molecule has 4 N–H and O–H groups in total. The molecule has 0 fully saturated rings. The smallest absolute Gasteiger partial charge is 0.374 e. The number of aromatic nitrogens is 2. The van der Waals surface area contributed by atoms with Crippen LogP contribution in [0, 0.1) is 6.92 Å². The van der Waals surface area contributed by atoms with E-state index in [4.69, 9.17) is 0 Å². The highest BCUT2D eigenvalue weighted by atomic mass is 19.4. The number of hydrogen-bond acceptors (Lipinski definition) is 5. The lowest BCUT2D eigenvalue weighted by atomic mass is 10.1. The predicted molar refractivity (Wildman–Crippen MR) is 113 cm³/mol. The van der Waals surface area contributed by atoms with Crippen molar-refractivity contribution in [3.05, 3.63) is 81.4 Å². The summed E-state index contributed by atoms with van der Waals surface area (Å²) in [5.41, 5.74) is -0.349. The molecule has 32 heavy (non-hydrogen) atoms. The number of nitrogens with zero attached hydrogens (tertiary/aromatic N) is 1. The van der Waals surface area contributed by atoms with Gasteiger partial charge in [0.2, 0.25) is 0 Å². The van der Waals surface area contributed by atoms with Crippen LogP contribution in [0.4, 0.5) is 30.4 Å². The van der Waals surface area contributed by atoms with Crippen molar-refractivity contribution < 1.29 is 22.8 Å². The van der Waals surface area contributed by atoms with E-state index < -0.39 is 29.2 Å². The Hall–Kier alpha value is -4.15. The van der Waals surface area contributed by atoms with E-state index in [1.54, 1.807) is 19.1 Å². The van der Waals surface area contributed by atoms with Gasteiger partial charge in [0.1, 0.15) is 5.82 Å². The number of nitrogens with one attached hydrogen (secondary N) is 4. The minimum Gasteiger partial charge on any atom is -0.374 e. The Morgan fingerprint density at radius 2 is 1.78 bits per heavy atom. The molecule has 11 heteroatoms. The van der Waals surface area contributed by atoms with Gasteiger partial charge in [0.15, 0.2) is 0 Å². The first-order chi connectivity index (χ1) is 15.1. The zero-order chi connectivity index (χ0) is 23.5. The second kappa shape index (κ2) is 8.92.